The highest BCUT2D eigenvalue weighted by atomic mass is 16.1. The minimum atomic E-state index is 0.132. The maximum Gasteiger partial charge on any atom is 0.217 e. The molecular formula is C10H18N2O. The lowest BCUT2D eigenvalue weighted by Crippen LogP contribution is -2.42. The number of likely N-dealkylation sites (tertiary alicyclic amines) is 1. The van der Waals surface area contributed by atoms with Crippen LogP contribution in [-0.2, 0) is 4.79 Å². The minimum Gasteiger partial charge on any atom is -0.351 e. The molecule has 2 rings (SSSR count). The van der Waals surface area contributed by atoms with Gasteiger partial charge in [0.1, 0.15) is 0 Å². The fraction of sp³-hybridized carbons (Fsp3) is 0.900. The molecule has 1 unspecified atom stereocenters. The molecule has 13 heavy (non-hydrogen) atoms. The molecule has 74 valence electrons. The van der Waals surface area contributed by atoms with Crippen LogP contribution in [0.3, 0.4) is 0 Å². The summed E-state index contributed by atoms with van der Waals surface area (Å²) in [7, 11) is 2.16. The molecule has 0 radical (unpaired) electrons. The Bertz CT molecular complexity index is 223. The van der Waals surface area contributed by atoms with Crippen molar-refractivity contribution in [1.82, 2.24) is 10.2 Å². The molecule has 1 aliphatic carbocycles. The fourth-order valence-electron chi connectivity index (χ4n) is 2.51. The first kappa shape index (κ1) is 9.00. The highest BCUT2D eigenvalue weighted by Gasteiger charge is 2.51. The third kappa shape index (κ3) is 1.70. The summed E-state index contributed by atoms with van der Waals surface area (Å²) in [5.41, 5.74) is 0.191. The normalized spacial score (nSPS) is 31.7. The molecule has 0 aromatic heterocycles. The Kier molecular flexibility index (Phi) is 2.06. The van der Waals surface area contributed by atoms with E-state index >= 15 is 0 Å². The van der Waals surface area contributed by atoms with Crippen molar-refractivity contribution in [2.75, 3.05) is 20.1 Å². The summed E-state index contributed by atoms with van der Waals surface area (Å²) in [6.45, 7) is 3.96. The van der Waals surface area contributed by atoms with Crippen LogP contribution in [0, 0.1) is 5.92 Å². The molecule has 0 aromatic carbocycles. The van der Waals surface area contributed by atoms with Crippen molar-refractivity contribution in [2.45, 2.75) is 31.7 Å². The summed E-state index contributed by atoms with van der Waals surface area (Å²) in [4.78, 5) is 13.4. The van der Waals surface area contributed by atoms with Crippen LogP contribution in [0.4, 0.5) is 0 Å². The van der Waals surface area contributed by atoms with E-state index in [9.17, 15) is 4.79 Å². The van der Waals surface area contributed by atoms with Crippen LogP contribution in [0.5, 0.6) is 0 Å². The number of hydrogen-bond donors (Lipinski definition) is 1. The van der Waals surface area contributed by atoms with Crippen LogP contribution in [-0.4, -0.2) is 36.5 Å². The van der Waals surface area contributed by atoms with Crippen molar-refractivity contribution < 1.29 is 4.79 Å². The molecule has 1 N–H and O–H groups in total. The van der Waals surface area contributed by atoms with E-state index in [-0.39, 0.29) is 11.4 Å². The molecule has 1 amide bonds. The second-order valence-corrected chi connectivity index (χ2v) is 4.59. The quantitative estimate of drug-likeness (QED) is 0.678. The zero-order valence-corrected chi connectivity index (χ0v) is 8.47. The van der Waals surface area contributed by atoms with Gasteiger partial charge < -0.3 is 10.2 Å². The summed E-state index contributed by atoms with van der Waals surface area (Å²) < 4.78 is 0. The van der Waals surface area contributed by atoms with Gasteiger partial charge >= 0.3 is 0 Å². The van der Waals surface area contributed by atoms with Gasteiger partial charge in [-0.15, -0.1) is 0 Å². The minimum absolute atomic E-state index is 0.132. The SMILES string of the molecule is CC(=O)NC1(C2CCN(C)C2)CC1. The predicted molar refractivity (Wildman–Crippen MR) is 51.4 cm³/mol. The number of rotatable bonds is 2. The molecule has 2 fully saturated rings. The van der Waals surface area contributed by atoms with Crippen molar-refractivity contribution >= 4 is 5.91 Å². The average molecular weight is 182 g/mol. The van der Waals surface area contributed by atoms with Gasteiger partial charge in [0.2, 0.25) is 5.91 Å². The predicted octanol–water partition coefficient (Wildman–Crippen LogP) is 0.607. The van der Waals surface area contributed by atoms with Gasteiger partial charge in [-0.3, -0.25) is 4.79 Å². The summed E-state index contributed by atoms with van der Waals surface area (Å²) in [5.74, 6) is 0.827. The third-order valence-corrected chi connectivity index (χ3v) is 3.39. The zero-order chi connectivity index (χ0) is 9.47. The molecule has 3 nitrogen and oxygen atoms in total. The van der Waals surface area contributed by atoms with E-state index in [0.717, 1.165) is 6.54 Å². The van der Waals surface area contributed by atoms with E-state index in [4.69, 9.17) is 0 Å². The number of nitrogens with one attached hydrogen (secondary N) is 1. The zero-order valence-electron chi connectivity index (χ0n) is 8.47. The van der Waals surface area contributed by atoms with Crippen LogP contribution >= 0.6 is 0 Å². The molecule has 1 aliphatic heterocycles. The van der Waals surface area contributed by atoms with Crippen molar-refractivity contribution in [3.63, 3.8) is 0 Å². The Balaban J connectivity index is 1.95. The van der Waals surface area contributed by atoms with E-state index in [1.54, 1.807) is 6.92 Å². The largest absolute Gasteiger partial charge is 0.351 e. The smallest absolute Gasteiger partial charge is 0.217 e. The van der Waals surface area contributed by atoms with Gasteiger partial charge in [-0.1, -0.05) is 0 Å². The van der Waals surface area contributed by atoms with Gasteiger partial charge in [0.25, 0.3) is 0 Å². The van der Waals surface area contributed by atoms with Crippen molar-refractivity contribution in [3.05, 3.63) is 0 Å². The van der Waals surface area contributed by atoms with Crippen LogP contribution in [0.1, 0.15) is 26.2 Å². The van der Waals surface area contributed by atoms with Crippen LogP contribution in [0.15, 0.2) is 0 Å². The molecule has 1 saturated carbocycles. The number of carbonyl (C=O) groups is 1. The molecule has 2 aliphatic rings. The summed E-state index contributed by atoms with van der Waals surface area (Å²) in [6, 6.07) is 0. The Morgan fingerprint density at radius 3 is 2.62 bits per heavy atom. The number of nitrogens with zero attached hydrogens (tertiary/aromatic N) is 1. The topological polar surface area (TPSA) is 32.3 Å². The first-order chi connectivity index (χ1) is 6.12. The van der Waals surface area contributed by atoms with E-state index in [2.05, 4.69) is 17.3 Å². The number of amides is 1. The third-order valence-electron chi connectivity index (χ3n) is 3.39. The Morgan fingerprint density at radius 1 is 1.54 bits per heavy atom. The summed E-state index contributed by atoms with van der Waals surface area (Å²) in [6.07, 6.45) is 3.62. The van der Waals surface area contributed by atoms with Crippen molar-refractivity contribution in [1.29, 1.82) is 0 Å². The van der Waals surface area contributed by atoms with Crippen LogP contribution < -0.4 is 5.32 Å². The Morgan fingerprint density at radius 2 is 2.23 bits per heavy atom. The number of carbonyl (C=O) groups excluding carboxylic acids is 1. The van der Waals surface area contributed by atoms with E-state index < -0.39 is 0 Å². The average Bonchev–Trinajstić information content (AvgIpc) is 2.65. The monoisotopic (exact) mass is 182 g/mol. The molecular weight excluding hydrogens is 164 g/mol. The van der Waals surface area contributed by atoms with Gasteiger partial charge in [-0.05, 0) is 38.8 Å². The molecule has 1 heterocycles. The van der Waals surface area contributed by atoms with Crippen LogP contribution in [0.2, 0.25) is 0 Å². The summed E-state index contributed by atoms with van der Waals surface area (Å²) in [5, 5.41) is 3.13. The van der Waals surface area contributed by atoms with Crippen molar-refractivity contribution in [3.8, 4) is 0 Å². The molecule has 3 heteroatoms. The lowest BCUT2D eigenvalue weighted by molar-refractivity contribution is -0.120. The maximum absolute atomic E-state index is 11.0. The Labute approximate surface area is 79.5 Å². The number of hydrogen-bond acceptors (Lipinski definition) is 2. The first-order valence-electron chi connectivity index (χ1n) is 5.10. The second-order valence-electron chi connectivity index (χ2n) is 4.59. The van der Waals surface area contributed by atoms with E-state index in [1.165, 1.54) is 25.8 Å². The molecule has 1 atom stereocenters. The van der Waals surface area contributed by atoms with Gasteiger partial charge in [-0.2, -0.15) is 0 Å². The van der Waals surface area contributed by atoms with E-state index in [1.807, 2.05) is 0 Å². The maximum atomic E-state index is 11.0. The summed E-state index contributed by atoms with van der Waals surface area (Å²) >= 11 is 0. The van der Waals surface area contributed by atoms with Gasteiger partial charge in [0.05, 0.1) is 0 Å². The Hall–Kier alpha value is -0.570. The molecule has 0 spiro atoms. The highest BCUT2D eigenvalue weighted by Crippen LogP contribution is 2.45. The van der Waals surface area contributed by atoms with Gasteiger partial charge in [0, 0.05) is 19.0 Å². The first-order valence-corrected chi connectivity index (χ1v) is 5.10. The van der Waals surface area contributed by atoms with Crippen LogP contribution in [0.25, 0.3) is 0 Å². The lowest BCUT2D eigenvalue weighted by atomic mass is 9.96. The van der Waals surface area contributed by atoms with E-state index in [0.29, 0.717) is 5.92 Å². The fourth-order valence-corrected chi connectivity index (χ4v) is 2.51. The van der Waals surface area contributed by atoms with Crippen molar-refractivity contribution in [2.24, 2.45) is 5.92 Å². The highest BCUT2D eigenvalue weighted by molar-refractivity contribution is 5.74. The van der Waals surface area contributed by atoms with Gasteiger partial charge in [0.15, 0.2) is 0 Å². The molecule has 1 saturated heterocycles. The molecule has 0 bridgehead atoms. The standard InChI is InChI=1S/C10H18N2O/c1-8(13)11-10(4-5-10)9-3-6-12(2)7-9/h9H,3-7H2,1-2H3,(H,11,13). The lowest BCUT2D eigenvalue weighted by Gasteiger charge is -2.23. The van der Waals surface area contributed by atoms with Gasteiger partial charge in [-0.25, -0.2) is 0 Å². The molecule has 0 aromatic rings. The second kappa shape index (κ2) is 2.98.